The highest BCUT2D eigenvalue weighted by Crippen LogP contribution is 2.21. The second-order valence-corrected chi connectivity index (χ2v) is 5.23. The molecule has 22 heavy (non-hydrogen) atoms. The van der Waals surface area contributed by atoms with Gasteiger partial charge in [0.15, 0.2) is 5.78 Å². The lowest BCUT2D eigenvalue weighted by atomic mass is 10.1. The number of rotatable bonds is 4. The Labute approximate surface area is 130 Å². The predicted octanol–water partition coefficient (Wildman–Crippen LogP) is 3.24. The molecule has 1 heterocycles. The molecule has 0 saturated carbocycles. The van der Waals surface area contributed by atoms with Crippen molar-refractivity contribution in [3.63, 3.8) is 0 Å². The summed E-state index contributed by atoms with van der Waals surface area (Å²) < 4.78 is 5.42. The van der Waals surface area contributed by atoms with Gasteiger partial charge in [-0.2, -0.15) is 0 Å². The first-order chi connectivity index (χ1) is 10.8. The lowest BCUT2D eigenvalue weighted by Crippen LogP contribution is -2.35. The van der Waals surface area contributed by atoms with Gasteiger partial charge >= 0.3 is 0 Å². The summed E-state index contributed by atoms with van der Waals surface area (Å²) in [5.41, 5.74) is 2.75. The summed E-state index contributed by atoms with van der Waals surface area (Å²) in [5.74, 6) is 0.0333. The topological polar surface area (TPSA) is 29.5 Å². The normalized spacial score (nSPS) is 15.6. The molecule has 3 nitrogen and oxygen atoms in total. The molecule has 0 unspecified atom stereocenters. The van der Waals surface area contributed by atoms with Crippen molar-refractivity contribution in [2.24, 2.45) is 0 Å². The van der Waals surface area contributed by atoms with Crippen LogP contribution in [-0.4, -0.2) is 37.0 Å². The van der Waals surface area contributed by atoms with Gasteiger partial charge in [0, 0.05) is 30.4 Å². The van der Waals surface area contributed by atoms with Gasteiger partial charge in [0.2, 0.25) is 0 Å². The average molecular weight is 293 g/mol. The van der Waals surface area contributed by atoms with Crippen LogP contribution in [0.4, 0.5) is 0 Å². The fourth-order valence-corrected chi connectivity index (χ4v) is 2.58. The van der Waals surface area contributed by atoms with E-state index in [-0.39, 0.29) is 5.78 Å². The van der Waals surface area contributed by atoms with Crippen molar-refractivity contribution in [3.05, 3.63) is 77.9 Å². The summed E-state index contributed by atoms with van der Waals surface area (Å²) in [7, 11) is 0. The Balaban J connectivity index is 1.94. The number of hydrogen-bond acceptors (Lipinski definition) is 3. The number of nitrogens with zero attached hydrogens (tertiary/aromatic N) is 1. The lowest BCUT2D eigenvalue weighted by Gasteiger charge is -2.31. The fraction of sp³-hybridized carbons (Fsp3) is 0.211. The monoisotopic (exact) mass is 293 g/mol. The summed E-state index contributed by atoms with van der Waals surface area (Å²) in [6, 6.07) is 19.4. The van der Waals surface area contributed by atoms with Crippen molar-refractivity contribution in [1.29, 1.82) is 0 Å². The van der Waals surface area contributed by atoms with Crippen LogP contribution in [0.15, 0.2) is 66.7 Å². The highest BCUT2D eigenvalue weighted by atomic mass is 16.5. The van der Waals surface area contributed by atoms with Crippen LogP contribution >= 0.6 is 0 Å². The molecular formula is C19H19NO2. The average Bonchev–Trinajstić information content (AvgIpc) is 2.62. The molecule has 112 valence electrons. The van der Waals surface area contributed by atoms with Gasteiger partial charge in [0.1, 0.15) is 0 Å². The van der Waals surface area contributed by atoms with Gasteiger partial charge in [-0.15, -0.1) is 0 Å². The minimum Gasteiger partial charge on any atom is -0.378 e. The van der Waals surface area contributed by atoms with E-state index in [4.69, 9.17) is 4.74 Å². The van der Waals surface area contributed by atoms with Gasteiger partial charge in [-0.1, -0.05) is 60.7 Å². The molecule has 0 spiro atoms. The Kier molecular flexibility index (Phi) is 4.66. The third kappa shape index (κ3) is 3.43. The fourth-order valence-electron chi connectivity index (χ4n) is 2.58. The van der Waals surface area contributed by atoms with E-state index < -0.39 is 0 Å². The van der Waals surface area contributed by atoms with Crippen LogP contribution in [0.3, 0.4) is 0 Å². The Morgan fingerprint density at radius 3 is 2.00 bits per heavy atom. The van der Waals surface area contributed by atoms with E-state index in [9.17, 15) is 4.79 Å². The van der Waals surface area contributed by atoms with Crippen LogP contribution in [-0.2, 0) is 4.74 Å². The van der Waals surface area contributed by atoms with E-state index in [1.165, 1.54) is 0 Å². The summed E-state index contributed by atoms with van der Waals surface area (Å²) in [6.07, 6.45) is 1.75. The number of hydrogen-bond donors (Lipinski definition) is 0. The molecule has 2 aromatic carbocycles. The van der Waals surface area contributed by atoms with Crippen molar-refractivity contribution in [3.8, 4) is 0 Å². The van der Waals surface area contributed by atoms with E-state index >= 15 is 0 Å². The minimum absolute atomic E-state index is 0.0333. The molecule has 3 heteroatoms. The Morgan fingerprint density at radius 1 is 0.864 bits per heavy atom. The summed E-state index contributed by atoms with van der Waals surface area (Å²) in [5, 5.41) is 0. The predicted molar refractivity (Wildman–Crippen MR) is 87.6 cm³/mol. The molecule has 1 aliphatic rings. The quantitative estimate of drug-likeness (QED) is 0.640. The van der Waals surface area contributed by atoms with Gasteiger partial charge in [-0.25, -0.2) is 0 Å². The number of carbonyl (C=O) groups is 1. The van der Waals surface area contributed by atoms with Crippen LogP contribution in [0.1, 0.15) is 15.9 Å². The van der Waals surface area contributed by atoms with Gasteiger partial charge in [-0.3, -0.25) is 4.79 Å². The molecular weight excluding hydrogens is 274 g/mol. The standard InChI is InChI=1S/C19H19NO2/c21-19(17-9-5-2-6-10-17)15-18(16-7-3-1-4-8-16)20-11-13-22-14-12-20/h1-10,15H,11-14H2. The van der Waals surface area contributed by atoms with Crippen LogP contribution in [0.5, 0.6) is 0 Å². The smallest absolute Gasteiger partial charge is 0.187 e. The van der Waals surface area contributed by atoms with Crippen molar-refractivity contribution in [2.75, 3.05) is 26.3 Å². The first kappa shape index (κ1) is 14.5. The molecule has 1 aliphatic heterocycles. The number of ketones is 1. The third-order valence-electron chi connectivity index (χ3n) is 3.75. The van der Waals surface area contributed by atoms with Gasteiger partial charge in [-0.05, 0) is 5.56 Å². The Hall–Kier alpha value is -2.39. The zero-order chi connectivity index (χ0) is 15.2. The summed E-state index contributed by atoms with van der Waals surface area (Å²) in [6.45, 7) is 3.01. The summed E-state index contributed by atoms with van der Waals surface area (Å²) >= 11 is 0. The number of carbonyl (C=O) groups excluding carboxylic acids is 1. The largest absolute Gasteiger partial charge is 0.378 e. The summed E-state index contributed by atoms with van der Waals surface area (Å²) in [4.78, 5) is 14.8. The second kappa shape index (κ2) is 7.05. The number of allylic oxidation sites excluding steroid dienone is 1. The van der Waals surface area contributed by atoms with Crippen molar-refractivity contribution >= 4 is 11.5 Å². The zero-order valence-corrected chi connectivity index (χ0v) is 12.4. The molecule has 1 fully saturated rings. The van der Waals surface area contributed by atoms with Gasteiger partial charge < -0.3 is 9.64 Å². The van der Waals surface area contributed by atoms with Crippen LogP contribution < -0.4 is 0 Å². The van der Waals surface area contributed by atoms with E-state index in [2.05, 4.69) is 4.90 Å². The molecule has 0 amide bonds. The number of benzene rings is 2. The van der Waals surface area contributed by atoms with E-state index in [1.54, 1.807) is 6.08 Å². The molecule has 0 aliphatic carbocycles. The maximum Gasteiger partial charge on any atom is 0.187 e. The molecule has 1 saturated heterocycles. The van der Waals surface area contributed by atoms with Crippen LogP contribution in [0.2, 0.25) is 0 Å². The molecule has 0 aromatic heterocycles. The maximum atomic E-state index is 12.5. The van der Waals surface area contributed by atoms with E-state index in [1.807, 2.05) is 60.7 Å². The van der Waals surface area contributed by atoms with Crippen LogP contribution in [0, 0.1) is 0 Å². The highest BCUT2D eigenvalue weighted by Gasteiger charge is 2.16. The molecule has 0 atom stereocenters. The highest BCUT2D eigenvalue weighted by molar-refractivity contribution is 6.08. The van der Waals surface area contributed by atoms with Crippen molar-refractivity contribution in [1.82, 2.24) is 4.90 Å². The third-order valence-corrected chi connectivity index (χ3v) is 3.75. The minimum atomic E-state index is 0.0333. The van der Waals surface area contributed by atoms with E-state index in [0.29, 0.717) is 18.8 Å². The number of ether oxygens (including phenoxy) is 1. The maximum absolute atomic E-state index is 12.5. The second-order valence-electron chi connectivity index (χ2n) is 5.23. The molecule has 0 bridgehead atoms. The zero-order valence-electron chi connectivity index (χ0n) is 12.4. The number of morpholine rings is 1. The van der Waals surface area contributed by atoms with Gasteiger partial charge in [0.05, 0.1) is 13.2 Å². The van der Waals surface area contributed by atoms with Crippen molar-refractivity contribution in [2.45, 2.75) is 0 Å². The molecule has 2 aromatic rings. The molecule has 3 rings (SSSR count). The SMILES string of the molecule is O=C(C=C(c1ccccc1)N1CCOCC1)c1ccccc1. The first-order valence-corrected chi connectivity index (χ1v) is 7.54. The molecule has 0 radical (unpaired) electrons. The first-order valence-electron chi connectivity index (χ1n) is 7.54. The molecule has 0 N–H and O–H groups in total. The lowest BCUT2D eigenvalue weighted by molar-refractivity contribution is 0.0637. The van der Waals surface area contributed by atoms with Gasteiger partial charge in [0.25, 0.3) is 0 Å². The van der Waals surface area contributed by atoms with E-state index in [0.717, 1.165) is 24.4 Å². The Bertz CT molecular complexity index is 644. The van der Waals surface area contributed by atoms with Crippen molar-refractivity contribution < 1.29 is 9.53 Å². The van der Waals surface area contributed by atoms with Crippen LogP contribution in [0.25, 0.3) is 5.70 Å². The Morgan fingerprint density at radius 2 is 1.41 bits per heavy atom.